The van der Waals surface area contributed by atoms with Gasteiger partial charge >= 0.3 is 0 Å². The van der Waals surface area contributed by atoms with Gasteiger partial charge in [0.25, 0.3) is 0 Å². The van der Waals surface area contributed by atoms with Crippen LogP contribution in [-0.4, -0.2) is 58.1 Å². The largest absolute Gasteiger partial charge is 0.362 e. The average molecular weight is 325 g/mol. The Labute approximate surface area is 131 Å². The number of pyridine rings is 1. The summed E-state index contributed by atoms with van der Waals surface area (Å²) in [6.45, 7) is 0.570. The van der Waals surface area contributed by atoms with Crippen molar-refractivity contribution in [2.75, 3.05) is 37.5 Å². The topological polar surface area (TPSA) is 86.7 Å². The van der Waals surface area contributed by atoms with Gasteiger partial charge < -0.3 is 15.5 Å². The molecule has 1 saturated heterocycles. The fourth-order valence-electron chi connectivity index (χ4n) is 2.45. The molecule has 0 radical (unpaired) electrons. The van der Waals surface area contributed by atoms with Crippen LogP contribution >= 0.6 is 0 Å². The summed E-state index contributed by atoms with van der Waals surface area (Å²) >= 11 is 0. The predicted octanol–water partition coefficient (Wildman–Crippen LogP) is -0.000300. The number of nitrogens with zero attached hydrogens (tertiary/aromatic N) is 3. The van der Waals surface area contributed by atoms with Crippen LogP contribution in [0.3, 0.4) is 0 Å². The molecular weight excluding hydrogens is 302 g/mol. The minimum absolute atomic E-state index is 0.0709. The first kappa shape index (κ1) is 16.5. The molecule has 0 spiro atoms. The third-order valence-electron chi connectivity index (χ3n) is 3.53. The number of nitrogens with one attached hydrogen (secondary N) is 2. The van der Waals surface area contributed by atoms with Gasteiger partial charge in [0.05, 0.1) is 11.5 Å². The van der Waals surface area contributed by atoms with Crippen molar-refractivity contribution in [3.8, 4) is 0 Å². The van der Waals surface area contributed by atoms with Gasteiger partial charge in [0, 0.05) is 45.5 Å². The molecule has 8 heteroatoms. The Morgan fingerprint density at radius 2 is 2.27 bits per heavy atom. The van der Waals surface area contributed by atoms with E-state index >= 15 is 0 Å². The lowest BCUT2D eigenvalue weighted by Crippen LogP contribution is -2.43. The van der Waals surface area contributed by atoms with Gasteiger partial charge in [-0.15, -0.1) is 0 Å². The number of hydrogen-bond acceptors (Lipinski definition) is 5. The van der Waals surface area contributed by atoms with Gasteiger partial charge in [0.2, 0.25) is 0 Å². The number of aromatic nitrogens is 1. The molecule has 2 heterocycles. The molecule has 0 bridgehead atoms. The van der Waals surface area contributed by atoms with E-state index in [-0.39, 0.29) is 17.5 Å². The summed E-state index contributed by atoms with van der Waals surface area (Å²) < 4.78 is 23.0. The maximum Gasteiger partial charge on any atom is 0.191 e. The molecule has 1 unspecified atom stereocenters. The van der Waals surface area contributed by atoms with Crippen LogP contribution in [0.1, 0.15) is 12.0 Å². The molecule has 1 fully saturated rings. The minimum Gasteiger partial charge on any atom is -0.362 e. The summed E-state index contributed by atoms with van der Waals surface area (Å²) in [6.07, 6.45) is 2.38. The lowest BCUT2D eigenvalue weighted by molar-refractivity contribution is 0.599. The molecule has 1 aliphatic heterocycles. The average Bonchev–Trinajstić information content (AvgIpc) is 2.82. The van der Waals surface area contributed by atoms with Crippen LogP contribution in [0.4, 0.5) is 5.82 Å². The maximum atomic E-state index is 11.5. The van der Waals surface area contributed by atoms with E-state index < -0.39 is 9.84 Å². The molecule has 0 aromatic carbocycles. The van der Waals surface area contributed by atoms with Gasteiger partial charge in [-0.25, -0.2) is 13.4 Å². The first-order chi connectivity index (χ1) is 10.4. The normalized spacial score (nSPS) is 20.7. The number of rotatable bonds is 4. The minimum atomic E-state index is -2.90. The molecule has 0 aliphatic carbocycles. The second-order valence-corrected chi connectivity index (χ2v) is 7.78. The standard InChI is InChI=1S/C14H23N5O2S/c1-15-14(18-12-6-8-22(20,21)10-12)17-9-11-5-4-7-16-13(11)19(2)3/h4-5,7,12H,6,8-10H2,1-3H3,(H2,15,17,18). The number of hydrogen-bond donors (Lipinski definition) is 2. The zero-order valence-corrected chi connectivity index (χ0v) is 14.0. The SMILES string of the molecule is CN=C(NCc1cccnc1N(C)C)NC1CCS(=O)(=O)C1. The van der Waals surface area contributed by atoms with E-state index in [0.29, 0.717) is 18.9 Å². The lowest BCUT2D eigenvalue weighted by atomic mass is 10.2. The van der Waals surface area contributed by atoms with Crippen LogP contribution < -0.4 is 15.5 Å². The molecule has 7 nitrogen and oxygen atoms in total. The Morgan fingerprint density at radius 1 is 1.50 bits per heavy atom. The van der Waals surface area contributed by atoms with Crippen molar-refractivity contribution in [1.29, 1.82) is 0 Å². The van der Waals surface area contributed by atoms with Crippen LogP contribution in [0.15, 0.2) is 23.3 Å². The molecule has 22 heavy (non-hydrogen) atoms. The highest BCUT2D eigenvalue weighted by Gasteiger charge is 2.28. The van der Waals surface area contributed by atoms with Crippen molar-refractivity contribution >= 4 is 21.6 Å². The zero-order valence-electron chi connectivity index (χ0n) is 13.2. The molecule has 2 N–H and O–H groups in total. The Bertz CT molecular complexity index is 642. The van der Waals surface area contributed by atoms with E-state index in [1.54, 1.807) is 13.2 Å². The van der Waals surface area contributed by atoms with Gasteiger partial charge in [-0.2, -0.15) is 0 Å². The van der Waals surface area contributed by atoms with Crippen LogP contribution in [0, 0.1) is 0 Å². The van der Waals surface area contributed by atoms with Crippen molar-refractivity contribution < 1.29 is 8.42 Å². The van der Waals surface area contributed by atoms with Crippen LogP contribution in [-0.2, 0) is 16.4 Å². The predicted molar refractivity (Wildman–Crippen MR) is 89.0 cm³/mol. The molecule has 0 saturated carbocycles. The lowest BCUT2D eigenvalue weighted by Gasteiger charge is -2.19. The van der Waals surface area contributed by atoms with E-state index in [2.05, 4.69) is 20.6 Å². The summed E-state index contributed by atoms with van der Waals surface area (Å²) in [4.78, 5) is 10.5. The van der Waals surface area contributed by atoms with Crippen LogP contribution in [0.5, 0.6) is 0 Å². The van der Waals surface area contributed by atoms with Gasteiger partial charge in [0.15, 0.2) is 15.8 Å². The first-order valence-corrected chi connectivity index (χ1v) is 9.02. The highest BCUT2D eigenvalue weighted by atomic mass is 32.2. The quantitative estimate of drug-likeness (QED) is 0.599. The number of sulfone groups is 1. The monoisotopic (exact) mass is 325 g/mol. The summed E-state index contributed by atoms with van der Waals surface area (Å²) in [5.74, 6) is 1.92. The molecule has 0 amide bonds. The summed E-state index contributed by atoms with van der Waals surface area (Å²) in [7, 11) is 2.67. The number of anilines is 1. The van der Waals surface area contributed by atoms with Crippen LogP contribution in [0.25, 0.3) is 0 Å². The molecule has 2 rings (SSSR count). The Kier molecular flexibility index (Phi) is 5.23. The fourth-order valence-corrected chi connectivity index (χ4v) is 4.12. The number of guanidine groups is 1. The van der Waals surface area contributed by atoms with Gasteiger partial charge in [0.1, 0.15) is 5.82 Å². The summed E-state index contributed by atoms with van der Waals surface area (Å²) in [5.41, 5.74) is 1.05. The Morgan fingerprint density at radius 3 is 2.86 bits per heavy atom. The molecular formula is C14H23N5O2S. The number of aliphatic imine (C=N–C) groups is 1. The van der Waals surface area contributed by atoms with Crippen LogP contribution in [0.2, 0.25) is 0 Å². The van der Waals surface area contributed by atoms with E-state index in [4.69, 9.17) is 0 Å². The Balaban J connectivity index is 1.95. The summed E-state index contributed by atoms with van der Waals surface area (Å²) in [5, 5.41) is 6.38. The van der Waals surface area contributed by atoms with Crippen molar-refractivity contribution in [2.45, 2.75) is 19.0 Å². The molecule has 1 aromatic heterocycles. The zero-order chi connectivity index (χ0) is 16.2. The highest BCUT2D eigenvalue weighted by molar-refractivity contribution is 7.91. The van der Waals surface area contributed by atoms with Gasteiger partial charge in [-0.05, 0) is 12.5 Å². The van der Waals surface area contributed by atoms with Gasteiger partial charge in [-0.3, -0.25) is 4.99 Å². The summed E-state index contributed by atoms with van der Waals surface area (Å²) in [6, 6.07) is 3.82. The Hall–Kier alpha value is -1.83. The van der Waals surface area contributed by atoms with Gasteiger partial charge in [-0.1, -0.05) is 6.07 Å². The smallest absolute Gasteiger partial charge is 0.191 e. The van der Waals surface area contributed by atoms with Crippen molar-refractivity contribution in [2.24, 2.45) is 4.99 Å². The third kappa shape index (κ3) is 4.33. The second-order valence-electron chi connectivity index (χ2n) is 5.55. The van der Waals surface area contributed by atoms with Crippen molar-refractivity contribution in [3.05, 3.63) is 23.9 Å². The molecule has 1 aliphatic rings. The van der Waals surface area contributed by atoms with E-state index in [9.17, 15) is 8.42 Å². The first-order valence-electron chi connectivity index (χ1n) is 7.20. The van der Waals surface area contributed by atoms with Crippen molar-refractivity contribution in [3.63, 3.8) is 0 Å². The van der Waals surface area contributed by atoms with E-state index in [1.165, 1.54) is 0 Å². The fraction of sp³-hybridized carbons (Fsp3) is 0.571. The highest BCUT2D eigenvalue weighted by Crippen LogP contribution is 2.14. The molecule has 1 atom stereocenters. The van der Waals surface area contributed by atoms with E-state index in [1.807, 2.05) is 31.1 Å². The molecule has 122 valence electrons. The van der Waals surface area contributed by atoms with E-state index in [0.717, 1.165) is 11.4 Å². The molecule has 1 aromatic rings. The maximum absolute atomic E-state index is 11.5. The third-order valence-corrected chi connectivity index (χ3v) is 5.30. The van der Waals surface area contributed by atoms with Crippen molar-refractivity contribution in [1.82, 2.24) is 15.6 Å². The second kappa shape index (κ2) is 6.95.